The van der Waals surface area contributed by atoms with Gasteiger partial charge in [-0.25, -0.2) is 0 Å². The highest BCUT2D eigenvalue weighted by atomic mass is 32.1. The molecule has 0 bridgehead atoms. The van der Waals surface area contributed by atoms with Crippen molar-refractivity contribution in [1.82, 2.24) is 0 Å². The first kappa shape index (κ1) is 17.0. The largest absolute Gasteiger partial charge is 0.495 e. The number of ether oxygens (including phenoxy) is 2. The molecule has 1 aromatic heterocycles. The van der Waals surface area contributed by atoms with Crippen molar-refractivity contribution >= 4 is 22.9 Å². The second kappa shape index (κ2) is 7.85. The Balaban J connectivity index is 1.62. The van der Waals surface area contributed by atoms with Crippen LogP contribution in [0.2, 0.25) is 0 Å². The highest BCUT2D eigenvalue weighted by molar-refractivity contribution is 7.12. The third-order valence-electron chi connectivity index (χ3n) is 3.66. The van der Waals surface area contributed by atoms with Crippen molar-refractivity contribution in [3.8, 4) is 11.5 Å². The molecular weight excluding hydrogens is 334 g/mol. The molecule has 128 valence electrons. The summed E-state index contributed by atoms with van der Waals surface area (Å²) < 4.78 is 11.0. The van der Waals surface area contributed by atoms with E-state index in [-0.39, 0.29) is 5.91 Å². The summed E-state index contributed by atoms with van der Waals surface area (Å²) in [5, 5.41) is 4.81. The van der Waals surface area contributed by atoms with E-state index in [0.717, 1.165) is 11.3 Å². The Morgan fingerprint density at radius 2 is 1.88 bits per heavy atom. The van der Waals surface area contributed by atoms with Crippen molar-refractivity contribution in [2.24, 2.45) is 0 Å². The van der Waals surface area contributed by atoms with E-state index >= 15 is 0 Å². The second-order valence-electron chi connectivity index (χ2n) is 5.58. The van der Waals surface area contributed by atoms with Gasteiger partial charge in [0.15, 0.2) is 0 Å². The molecule has 1 N–H and O–H groups in total. The smallest absolute Gasteiger partial charge is 0.265 e. The highest BCUT2D eigenvalue weighted by Gasteiger charge is 2.12. The van der Waals surface area contributed by atoms with Crippen LogP contribution in [0.25, 0.3) is 0 Å². The Morgan fingerprint density at radius 1 is 1.12 bits per heavy atom. The number of amides is 1. The number of carbonyl (C=O) groups excluding carboxylic acids is 1. The lowest BCUT2D eigenvalue weighted by molar-refractivity contribution is 0.103. The Kier molecular flexibility index (Phi) is 5.36. The van der Waals surface area contributed by atoms with Gasteiger partial charge in [-0.1, -0.05) is 29.8 Å². The predicted octanol–water partition coefficient (Wildman–Crippen LogP) is 4.90. The molecule has 0 fully saturated rings. The predicted molar refractivity (Wildman–Crippen MR) is 101 cm³/mol. The van der Waals surface area contributed by atoms with Gasteiger partial charge < -0.3 is 14.8 Å². The van der Waals surface area contributed by atoms with Gasteiger partial charge >= 0.3 is 0 Å². The van der Waals surface area contributed by atoms with Crippen LogP contribution in [-0.4, -0.2) is 13.0 Å². The molecule has 5 heteroatoms. The van der Waals surface area contributed by atoms with Crippen LogP contribution in [0.15, 0.2) is 60.0 Å². The number of rotatable bonds is 6. The molecule has 0 spiro atoms. The lowest BCUT2D eigenvalue weighted by Gasteiger charge is -2.08. The standard InChI is InChI=1S/C20H19NO3S/c1-14-7-9-16(10-8-14)24-12-15-11-19(25-13-15)20(22)21-17-5-3-4-6-18(17)23-2/h3-11,13H,12H2,1-2H3,(H,21,22). The molecular formula is C20H19NO3S. The number of anilines is 1. The topological polar surface area (TPSA) is 47.6 Å². The lowest BCUT2D eigenvalue weighted by atomic mass is 10.2. The molecule has 0 aliphatic rings. The van der Waals surface area contributed by atoms with Crippen LogP contribution in [0.4, 0.5) is 5.69 Å². The monoisotopic (exact) mass is 353 g/mol. The first-order chi connectivity index (χ1) is 12.2. The van der Waals surface area contributed by atoms with Gasteiger partial charge in [0.2, 0.25) is 0 Å². The Bertz CT molecular complexity index is 855. The normalized spacial score (nSPS) is 10.3. The van der Waals surface area contributed by atoms with Crippen LogP contribution < -0.4 is 14.8 Å². The minimum absolute atomic E-state index is 0.156. The molecule has 1 heterocycles. The zero-order valence-electron chi connectivity index (χ0n) is 14.1. The van der Waals surface area contributed by atoms with E-state index in [2.05, 4.69) is 5.32 Å². The number of carbonyl (C=O) groups is 1. The fraction of sp³-hybridized carbons (Fsp3) is 0.150. The van der Waals surface area contributed by atoms with Gasteiger partial charge in [0.25, 0.3) is 5.91 Å². The molecule has 25 heavy (non-hydrogen) atoms. The zero-order chi connectivity index (χ0) is 17.6. The SMILES string of the molecule is COc1ccccc1NC(=O)c1cc(COc2ccc(C)cc2)cs1. The van der Waals surface area contributed by atoms with E-state index in [1.807, 2.05) is 66.9 Å². The van der Waals surface area contributed by atoms with Crippen LogP contribution >= 0.6 is 11.3 Å². The van der Waals surface area contributed by atoms with Crippen molar-refractivity contribution in [3.05, 3.63) is 76.0 Å². The number of benzene rings is 2. The summed E-state index contributed by atoms with van der Waals surface area (Å²) >= 11 is 1.40. The maximum Gasteiger partial charge on any atom is 0.265 e. The van der Waals surface area contributed by atoms with Gasteiger partial charge in [0.1, 0.15) is 18.1 Å². The molecule has 2 aromatic carbocycles. The minimum Gasteiger partial charge on any atom is -0.495 e. The summed E-state index contributed by atoms with van der Waals surface area (Å²) in [6, 6.07) is 17.1. The molecule has 3 aromatic rings. The summed E-state index contributed by atoms with van der Waals surface area (Å²) in [7, 11) is 1.58. The minimum atomic E-state index is -0.156. The molecule has 0 radical (unpaired) electrons. The van der Waals surface area contributed by atoms with Crippen LogP contribution in [0, 0.1) is 6.92 Å². The van der Waals surface area contributed by atoms with Gasteiger partial charge in [-0.05, 0) is 42.6 Å². The fourth-order valence-electron chi connectivity index (χ4n) is 2.30. The number of nitrogens with one attached hydrogen (secondary N) is 1. The Hall–Kier alpha value is -2.79. The summed E-state index contributed by atoms with van der Waals surface area (Å²) in [6.07, 6.45) is 0. The highest BCUT2D eigenvalue weighted by Crippen LogP contribution is 2.25. The van der Waals surface area contributed by atoms with Crippen molar-refractivity contribution in [2.75, 3.05) is 12.4 Å². The maximum absolute atomic E-state index is 12.4. The number of hydrogen-bond acceptors (Lipinski definition) is 4. The molecule has 4 nitrogen and oxygen atoms in total. The van der Waals surface area contributed by atoms with Crippen molar-refractivity contribution in [3.63, 3.8) is 0 Å². The molecule has 0 aliphatic heterocycles. The number of thiophene rings is 1. The molecule has 1 amide bonds. The zero-order valence-corrected chi connectivity index (χ0v) is 14.9. The van der Waals surface area contributed by atoms with Gasteiger partial charge in [0.05, 0.1) is 17.7 Å². The average Bonchev–Trinajstić information content (AvgIpc) is 3.11. The first-order valence-corrected chi connectivity index (χ1v) is 8.75. The van der Waals surface area contributed by atoms with Crippen molar-refractivity contribution in [1.29, 1.82) is 0 Å². The quantitative estimate of drug-likeness (QED) is 0.686. The second-order valence-corrected chi connectivity index (χ2v) is 6.49. The lowest BCUT2D eigenvalue weighted by Crippen LogP contribution is -2.11. The third kappa shape index (κ3) is 4.39. The molecule has 0 saturated carbocycles. The number of hydrogen-bond donors (Lipinski definition) is 1. The van der Waals surface area contributed by atoms with Crippen LogP contribution in [0.3, 0.4) is 0 Å². The van der Waals surface area contributed by atoms with Crippen LogP contribution in [0.5, 0.6) is 11.5 Å². The van der Waals surface area contributed by atoms with E-state index in [9.17, 15) is 4.79 Å². The maximum atomic E-state index is 12.4. The summed E-state index contributed by atoms with van der Waals surface area (Å²) in [6.45, 7) is 2.47. The van der Waals surface area contributed by atoms with Crippen molar-refractivity contribution in [2.45, 2.75) is 13.5 Å². The van der Waals surface area contributed by atoms with Crippen LogP contribution in [-0.2, 0) is 6.61 Å². The Morgan fingerprint density at radius 3 is 2.64 bits per heavy atom. The van der Waals surface area contributed by atoms with Gasteiger partial charge in [0, 0.05) is 5.56 Å². The van der Waals surface area contributed by atoms with Gasteiger partial charge in [-0.3, -0.25) is 4.79 Å². The van der Waals surface area contributed by atoms with E-state index in [1.54, 1.807) is 7.11 Å². The van der Waals surface area contributed by atoms with Gasteiger partial charge in [-0.15, -0.1) is 11.3 Å². The molecule has 0 atom stereocenters. The number of aryl methyl sites for hydroxylation is 1. The van der Waals surface area contributed by atoms with Gasteiger partial charge in [-0.2, -0.15) is 0 Å². The van der Waals surface area contributed by atoms with E-state index < -0.39 is 0 Å². The Labute approximate surface area is 151 Å². The summed E-state index contributed by atoms with van der Waals surface area (Å²) in [4.78, 5) is 13.0. The number of para-hydroxylation sites is 2. The molecule has 0 aliphatic carbocycles. The molecule has 3 rings (SSSR count). The van der Waals surface area contributed by atoms with Crippen LogP contribution in [0.1, 0.15) is 20.8 Å². The molecule has 0 unspecified atom stereocenters. The number of methoxy groups -OCH3 is 1. The fourth-order valence-corrected chi connectivity index (χ4v) is 3.10. The summed E-state index contributed by atoms with van der Waals surface area (Å²) in [5.74, 6) is 1.29. The van der Waals surface area contributed by atoms with E-state index in [1.165, 1.54) is 16.9 Å². The first-order valence-electron chi connectivity index (χ1n) is 7.87. The average molecular weight is 353 g/mol. The molecule has 0 saturated heterocycles. The summed E-state index contributed by atoms with van der Waals surface area (Å²) in [5.41, 5.74) is 2.81. The van der Waals surface area contributed by atoms with E-state index in [4.69, 9.17) is 9.47 Å². The third-order valence-corrected chi connectivity index (χ3v) is 4.64. The van der Waals surface area contributed by atoms with Crippen molar-refractivity contribution < 1.29 is 14.3 Å². The van der Waals surface area contributed by atoms with E-state index in [0.29, 0.717) is 22.9 Å².